The number of nitrogens with zero attached hydrogens (tertiary/aromatic N) is 1. The van der Waals surface area contributed by atoms with Gasteiger partial charge in [-0.15, -0.1) is 0 Å². The molecule has 2 atom stereocenters. The molecule has 0 spiro atoms. The van der Waals surface area contributed by atoms with Crippen LogP contribution in [0.1, 0.15) is 65.7 Å². The van der Waals surface area contributed by atoms with E-state index in [-0.39, 0.29) is 29.8 Å². The molecular weight excluding hydrogens is 264 g/mol. The van der Waals surface area contributed by atoms with Crippen LogP contribution in [0.15, 0.2) is 0 Å². The summed E-state index contributed by atoms with van der Waals surface area (Å²) < 4.78 is 0. The fourth-order valence-corrected chi connectivity index (χ4v) is 3.30. The van der Waals surface area contributed by atoms with Crippen molar-refractivity contribution in [2.75, 3.05) is 6.54 Å². The maximum absolute atomic E-state index is 12.7. The van der Waals surface area contributed by atoms with Gasteiger partial charge in [-0.05, 0) is 31.1 Å². The molecule has 0 radical (unpaired) electrons. The highest BCUT2D eigenvalue weighted by atomic mass is 16.2. The van der Waals surface area contributed by atoms with Crippen molar-refractivity contribution in [1.82, 2.24) is 10.2 Å². The SMILES string of the molecule is CCCCCCCN1C(=O)C(C2CC2)NC(=O)C1C(C)C. The fourth-order valence-electron chi connectivity index (χ4n) is 3.30. The Bertz CT molecular complexity index is 377. The van der Waals surface area contributed by atoms with Gasteiger partial charge in [-0.1, -0.05) is 46.5 Å². The van der Waals surface area contributed by atoms with E-state index < -0.39 is 0 Å². The normalized spacial score (nSPS) is 26.4. The third-order valence-electron chi connectivity index (χ3n) is 4.68. The quantitative estimate of drug-likeness (QED) is 0.700. The minimum absolute atomic E-state index is 0.0510. The van der Waals surface area contributed by atoms with Gasteiger partial charge in [0.2, 0.25) is 11.8 Å². The van der Waals surface area contributed by atoms with E-state index in [4.69, 9.17) is 0 Å². The maximum atomic E-state index is 12.7. The highest BCUT2D eigenvalue weighted by Crippen LogP contribution is 2.35. The number of amides is 2. The van der Waals surface area contributed by atoms with Crippen LogP contribution in [-0.4, -0.2) is 35.3 Å². The summed E-state index contributed by atoms with van der Waals surface area (Å²) in [6.07, 6.45) is 8.03. The molecule has 4 heteroatoms. The Balaban J connectivity index is 1.96. The van der Waals surface area contributed by atoms with Gasteiger partial charge in [-0.2, -0.15) is 0 Å². The first kappa shape index (κ1) is 16.3. The second-order valence-electron chi connectivity index (χ2n) is 6.96. The van der Waals surface area contributed by atoms with E-state index in [0.29, 0.717) is 5.92 Å². The molecule has 1 saturated heterocycles. The molecule has 2 aliphatic rings. The summed E-state index contributed by atoms with van der Waals surface area (Å²) in [5.41, 5.74) is 0. The smallest absolute Gasteiger partial charge is 0.246 e. The number of carbonyl (C=O) groups excluding carboxylic acids is 2. The first-order valence-corrected chi connectivity index (χ1v) is 8.67. The van der Waals surface area contributed by atoms with Gasteiger partial charge in [0.1, 0.15) is 12.1 Å². The second kappa shape index (κ2) is 7.28. The Hall–Kier alpha value is -1.06. The van der Waals surface area contributed by atoms with Crippen LogP contribution in [0, 0.1) is 11.8 Å². The van der Waals surface area contributed by atoms with Gasteiger partial charge in [0.05, 0.1) is 0 Å². The van der Waals surface area contributed by atoms with Gasteiger partial charge in [-0.3, -0.25) is 9.59 Å². The standard InChI is InChI=1S/C17H30N2O2/c1-4-5-6-7-8-11-19-15(12(2)3)16(20)18-14(17(19)21)13-9-10-13/h12-15H,4-11H2,1-3H3,(H,18,20). The van der Waals surface area contributed by atoms with E-state index in [1.165, 1.54) is 19.3 Å². The molecule has 2 amide bonds. The Labute approximate surface area is 128 Å². The zero-order valence-electron chi connectivity index (χ0n) is 13.7. The van der Waals surface area contributed by atoms with Crippen LogP contribution in [0.5, 0.6) is 0 Å². The lowest BCUT2D eigenvalue weighted by Crippen LogP contribution is -2.65. The lowest BCUT2D eigenvalue weighted by atomic mass is 9.95. The lowest BCUT2D eigenvalue weighted by molar-refractivity contribution is -0.151. The lowest BCUT2D eigenvalue weighted by Gasteiger charge is -2.41. The van der Waals surface area contributed by atoms with Crippen molar-refractivity contribution in [1.29, 1.82) is 0 Å². The van der Waals surface area contributed by atoms with Gasteiger partial charge in [0.15, 0.2) is 0 Å². The average molecular weight is 294 g/mol. The van der Waals surface area contributed by atoms with Crippen LogP contribution in [0.3, 0.4) is 0 Å². The predicted molar refractivity (Wildman–Crippen MR) is 83.8 cm³/mol. The van der Waals surface area contributed by atoms with E-state index in [2.05, 4.69) is 12.2 Å². The molecule has 0 aromatic heterocycles. The van der Waals surface area contributed by atoms with E-state index >= 15 is 0 Å². The van der Waals surface area contributed by atoms with Crippen molar-refractivity contribution in [3.05, 3.63) is 0 Å². The van der Waals surface area contributed by atoms with Crippen LogP contribution < -0.4 is 5.32 Å². The van der Waals surface area contributed by atoms with E-state index in [0.717, 1.165) is 32.2 Å². The molecule has 2 fully saturated rings. The molecular formula is C17H30N2O2. The highest BCUT2D eigenvalue weighted by molar-refractivity contribution is 5.97. The van der Waals surface area contributed by atoms with Gasteiger partial charge >= 0.3 is 0 Å². The minimum atomic E-state index is -0.279. The second-order valence-corrected chi connectivity index (χ2v) is 6.96. The van der Waals surface area contributed by atoms with E-state index in [1.807, 2.05) is 18.7 Å². The van der Waals surface area contributed by atoms with Crippen molar-refractivity contribution in [3.8, 4) is 0 Å². The summed E-state index contributed by atoms with van der Waals surface area (Å²) in [7, 11) is 0. The third-order valence-corrected chi connectivity index (χ3v) is 4.68. The van der Waals surface area contributed by atoms with Crippen molar-refractivity contribution < 1.29 is 9.59 Å². The number of carbonyl (C=O) groups is 2. The van der Waals surface area contributed by atoms with Crippen LogP contribution in [0.4, 0.5) is 0 Å². The molecule has 21 heavy (non-hydrogen) atoms. The summed E-state index contributed by atoms with van der Waals surface area (Å²) in [6.45, 7) is 6.99. The van der Waals surface area contributed by atoms with Crippen LogP contribution in [0.2, 0.25) is 0 Å². The van der Waals surface area contributed by atoms with E-state index in [9.17, 15) is 9.59 Å². The van der Waals surface area contributed by atoms with Gasteiger partial charge in [0, 0.05) is 6.54 Å². The Morgan fingerprint density at radius 3 is 2.38 bits per heavy atom. The van der Waals surface area contributed by atoms with Gasteiger partial charge < -0.3 is 10.2 Å². The number of rotatable bonds is 8. The topological polar surface area (TPSA) is 49.4 Å². The van der Waals surface area contributed by atoms with Crippen molar-refractivity contribution in [2.24, 2.45) is 11.8 Å². The molecule has 1 N–H and O–H groups in total. The zero-order chi connectivity index (χ0) is 15.4. The molecule has 0 aromatic carbocycles. The number of piperazine rings is 1. The van der Waals surface area contributed by atoms with Crippen molar-refractivity contribution in [2.45, 2.75) is 77.8 Å². The molecule has 0 bridgehead atoms. The summed E-state index contributed by atoms with van der Waals surface area (Å²) in [6, 6.07) is -0.526. The first-order chi connectivity index (χ1) is 10.1. The summed E-state index contributed by atoms with van der Waals surface area (Å²) in [5, 5.41) is 2.97. The Kier molecular flexibility index (Phi) is 5.65. The number of hydrogen-bond donors (Lipinski definition) is 1. The van der Waals surface area contributed by atoms with E-state index in [1.54, 1.807) is 0 Å². The maximum Gasteiger partial charge on any atom is 0.246 e. The molecule has 1 heterocycles. The monoisotopic (exact) mass is 294 g/mol. The van der Waals surface area contributed by atoms with Gasteiger partial charge in [0.25, 0.3) is 0 Å². The zero-order valence-corrected chi connectivity index (χ0v) is 13.7. The number of nitrogens with one attached hydrogen (secondary N) is 1. The molecule has 2 unspecified atom stereocenters. The predicted octanol–water partition coefficient (Wildman–Crippen LogP) is 2.72. The summed E-state index contributed by atoms with van der Waals surface area (Å²) in [5.74, 6) is 0.767. The molecule has 1 saturated carbocycles. The van der Waals surface area contributed by atoms with Crippen molar-refractivity contribution >= 4 is 11.8 Å². The molecule has 2 rings (SSSR count). The van der Waals surface area contributed by atoms with Crippen LogP contribution >= 0.6 is 0 Å². The molecule has 1 aliphatic carbocycles. The third kappa shape index (κ3) is 3.98. The Morgan fingerprint density at radius 2 is 1.81 bits per heavy atom. The largest absolute Gasteiger partial charge is 0.342 e. The van der Waals surface area contributed by atoms with Gasteiger partial charge in [-0.25, -0.2) is 0 Å². The summed E-state index contributed by atoms with van der Waals surface area (Å²) >= 11 is 0. The van der Waals surface area contributed by atoms with Crippen LogP contribution in [0.25, 0.3) is 0 Å². The minimum Gasteiger partial charge on any atom is -0.342 e. The molecule has 1 aliphatic heterocycles. The Morgan fingerprint density at radius 1 is 1.14 bits per heavy atom. The number of hydrogen-bond acceptors (Lipinski definition) is 2. The fraction of sp³-hybridized carbons (Fsp3) is 0.882. The number of unbranched alkanes of at least 4 members (excludes halogenated alkanes) is 4. The van der Waals surface area contributed by atoms with Crippen LogP contribution in [-0.2, 0) is 9.59 Å². The highest BCUT2D eigenvalue weighted by Gasteiger charge is 2.47. The summed E-state index contributed by atoms with van der Waals surface area (Å²) in [4.78, 5) is 26.9. The average Bonchev–Trinajstić information content (AvgIpc) is 3.25. The van der Waals surface area contributed by atoms with Crippen molar-refractivity contribution in [3.63, 3.8) is 0 Å². The molecule has 4 nitrogen and oxygen atoms in total. The molecule has 0 aromatic rings. The molecule has 120 valence electrons. The first-order valence-electron chi connectivity index (χ1n) is 8.67.